The lowest BCUT2D eigenvalue weighted by Gasteiger charge is -2.40. The molecule has 0 amide bonds. The highest BCUT2D eigenvalue weighted by molar-refractivity contribution is 5.54. The lowest BCUT2D eigenvalue weighted by molar-refractivity contribution is -0.159. The Bertz CT molecular complexity index is 930. The third kappa shape index (κ3) is 5.15. The molecule has 12 heteroatoms. The summed E-state index contributed by atoms with van der Waals surface area (Å²) in [5.41, 5.74) is 0.0222. The van der Waals surface area contributed by atoms with Crippen molar-refractivity contribution in [2.24, 2.45) is 5.41 Å². The van der Waals surface area contributed by atoms with E-state index < -0.39 is 12.1 Å². The van der Waals surface area contributed by atoms with Gasteiger partial charge in [-0.3, -0.25) is 0 Å². The summed E-state index contributed by atoms with van der Waals surface area (Å²) >= 11 is 0. The fourth-order valence-corrected chi connectivity index (χ4v) is 3.36. The van der Waals surface area contributed by atoms with Crippen molar-refractivity contribution in [2.75, 3.05) is 17.2 Å². The number of nitrogens with one attached hydrogen (secondary N) is 2. The maximum Gasteiger partial charge on any atom is 0.471 e. The fourth-order valence-electron chi connectivity index (χ4n) is 3.36. The first-order valence-electron chi connectivity index (χ1n) is 9.44. The highest BCUT2D eigenvalue weighted by Crippen LogP contribution is 2.37. The van der Waals surface area contributed by atoms with Crippen molar-refractivity contribution in [3.8, 4) is 6.07 Å². The first-order valence-corrected chi connectivity index (χ1v) is 9.44. The predicted octanol–water partition coefficient (Wildman–Crippen LogP) is 3.00. The van der Waals surface area contributed by atoms with Crippen molar-refractivity contribution in [3.05, 3.63) is 23.5 Å². The first kappa shape index (κ1) is 21.8. The van der Waals surface area contributed by atoms with Gasteiger partial charge in [-0.15, -0.1) is 0 Å². The van der Waals surface area contributed by atoms with E-state index in [1.54, 1.807) is 0 Å². The average molecular weight is 427 g/mol. The van der Waals surface area contributed by atoms with E-state index in [1.807, 2.05) is 19.9 Å². The normalized spacial score (nSPS) is 21.1. The van der Waals surface area contributed by atoms with Gasteiger partial charge in [-0.25, -0.2) is 4.98 Å². The van der Waals surface area contributed by atoms with Gasteiger partial charge in [0, 0.05) is 20.4 Å². The summed E-state index contributed by atoms with van der Waals surface area (Å²) in [5.74, 6) is -0.902. The van der Waals surface area contributed by atoms with Crippen LogP contribution in [0.5, 0.6) is 0 Å². The van der Waals surface area contributed by atoms with E-state index in [1.165, 1.54) is 6.20 Å². The SMILES string of the molecule is CC1(C)C[C@H](Nc2nc(NCCc3noc(C(F)(F)F)n3)ncc2C#N)CC[C@@H]1O.[HH]. The highest BCUT2D eigenvalue weighted by Gasteiger charge is 2.38. The Morgan fingerprint density at radius 3 is 2.77 bits per heavy atom. The van der Waals surface area contributed by atoms with E-state index in [0.717, 1.165) is 6.42 Å². The van der Waals surface area contributed by atoms with Crippen LogP contribution in [0.3, 0.4) is 0 Å². The Labute approximate surface area is 172 Å². The molecule has 2 aromatic rings. The van der Waals surface area contributed by atoms with Crippen LogP contribution in [-0.4, -0.2) is 43.9 Å². The van der Waals surface area contributed by atoms with Crippen LogP contribution in [0.25, 0.3) is 0 Å². The first-order chi connectivity index (χ1) is 14.1. The standard InChI is InChI=1S/C18H22F3N7O2.H2/c1-17(2)7-11(3-4-12(17)29)25-14-10(8-22)9-24-16(27-14)23-6-5-13-26-15(30-28-13)18(19,20)21;/h9,11-12,29H,3-7H2,1-2H3,(H2,23,24,25,27);1H/t11-,12+;/m1./s1. The molecule has 1 fully saturated rings. The number of rotatable bonds is 6. The number of nitrogens with zero attached hydrogens (tertiary/aromatic N) is 5. The Kier molecular flexibility index (Phi) is 6.12. The minimum absolute atomic E-state index is 0. The molecule has 0 aromatic carbocycles. The maximum atomic E-state index is 12.5. The van der Waals surface area contributed by atoms with Crippen LogP contribution in [0, 0.1) is 16.7 Å². The summed E-state index contributed by atoms with van der Waals surface area (Å²) in [6.07, 6.45) is -1.52. The molecule has 1 saturated carbocycles. The van der Waals surface area contributed by atoms with Crippen LogP contribution in [-0.2, 0) is 12.6 Å². The number of aliphatic hydroxyl groups is 1. The number of aromatic nitrogens is 4. The van der Waals surface area contributed by atoms with Crippen LogP contribution >= 0.6 is 0 Å². The zero-order valence-corrected chi connectivity index (χ0v) is 16.5. The Balaban J connectivity index is 0.00000341. The molecule has 164 valence electrons. The fraction of sp³-hybridized carbons (Fsp3) is 0.611. The van der Waals surface area contributed by atoms with Crippen molar-refractivity contribution in [3.63, 3.8) is 0 Å². The van der Waals surface area contributed by atoms with Crippen LogP contribution in [0.1, 0.15) is 51.8 Å². The number of hydrogen-bond acceptors (Lipinski definition) is 9. The average Bonchev–Trinajstić information content (AvgIpc) is 3.14. The largest absolute Gasteiger partial charge is 0.471 e. The molecular weight excluding hydrogens is 403 g/mol. The van der Waals surface area contributed by atoms with Gasteiger partial charge in [-0.05, 0) is 24.7 Å². The lowest BCUT2D eigenvalue weighted by atomic mass is 9.73. The van der Waals surface area contributed by atoms with Crippen LogP contribution in [0.4, 0.5) is 24.9 Å². The monoisotopic (exact) mass is 427 g/mol. The van der Waals surface area contributed by atoms with Crippen LogP contribution in [0.2, 0.25) is 0 Å². The lowest BCUT2D eigenvalue weighted by Crippen LogP contribution is -2.41. The van der Waals surface area contributed by atoms with Crippen molar-refractivity contribution < 1.29 is 24.2 Å². The van der Waals surface area contributed by atoms with Crippen molar-refractivity contribution in [1.29, 1.82) is 5.26 Å². The second-order valence-corrected chi connectivity index (χ2v) is 7.89. The molecule has 0 spiro atoms. The maximum absolute atomic E-state index is 12.5. The Hall–Kier alpha value is -2.94. The van der Waals surface area contributed by atoms with Crippen LogP contribution in [0.15, 0.2) is 10.7 Å². The van der Waals surface area contributed by atoms with Gasteiger partial charge in [0.2, 0.25) is 5.95 Å². The van der Waals surface area contributed by atoms with Crippen molar-refractivity contribution in [2.45, 2.75) is 57.9 Å². The van der Waals surface area contributed by atoms with E-state index in [4.69, 9.17) is 0 Å². The molecule has 9 nitrogen and oxygen atoms in total. The Morgan fingerprint density at radius 2 is 2.13 bits per heavy atom. The molecule has 2 atom stereocenters. The third-order valence-electron chi connectivity index (χ3n) is 5.06. The molecule has 2 heterocycles. The molecule has 3 rings (SSSR count). The molecule has 0 saturated heterocycles. The number of anilines is 2. The highest BCUT2D eigenvalue weighted by atomic mass is 19.4. The van der Waals surface area contributed by atoms with Crippen molar-refractivity contribution >= 4 is 11.8 Å². The van der Waals surface area contributed by atoms with Gasteiger partial charge in [0.25, 0.3) is 0 Å². The zero-order valence-electron chi connectivity index (χ0n) is 16.5. The van der Waals surface area contributed by atoms with Crippen molar-refractivity contribution in [1.82, 2.24) is 20.1 Å². The molecule has 2 aromatic heterocycles. The number of alkyl halides is 3. The molecule has 30 heavy (non-hydrogen) atoms. The van der Waals surface area contributed by atoms with Gasteiger partial charge in [-0.1, -0.05) is 19.0 Å². The summed E-state index contributed by atoms with van der Waals surface area (Å²) in [5, 5.41) is 28.9. The summed E-state index contributed by atoms with van der Waals surface area (Å²) in [7, 11) is 0. The third-order valence-corrected chi connectivity index (χ3v) is 5.06. The quantitative estimate of drug-likeness (QED) is 0.636. The summed E-state index contributed by atoms with van der Waals surface area (Å²) in [6.45, 7) is 4.16. The van der Waals surface area contributed by atoms with Gasteiger partial charge in [0.05, 0.1) is 12.3 Å². The van der Waals surface area contributed by atoms with E-state index >= 15 is 0 Å². The topological polar surface area (TPSA) is 133 Å². The van der Waals surface area contributed by atoms with E-state index in [2.05, 4.69) is 35.3 Å². The number of aliphatic hydroxyl groups excluding tert-OH is 1. The molecule has 3 N–H and O–H groups in total. The second kappa shape index (κ2) is 8.43. The molecule has 0 radical (unpaired) electrons. The minimum Gasteiger partial charge on any atom is -0.393 e. The molecule has 1 aliphatic rings. The molecular formula is C18H24F3N7O2. The molecule has 0 unspecified atom stereocenters. The number of nitriles is 1. The molecule has 1 aliphatic carbocycles. The summed E-state index contributed by atoms with van der Waals surface area (Å²) < 4.78 is 41.6. The second-order valence-electron chi connectivity index (χ2n) is 7.89. The molecule has 0 aliphatic heterocycles. The Morgan fingerprint density at radius 1 is 1.37 bits per heavy atom. The molecule has 0 bridgehead atoms. The minimum atomic E-state index is -4.68. The number of hydrogen-bond donors (Lipinski definition) is 3. The zero-order chi connectivity index (χ0) is 21.9. The van der Waals surface area contributed by atoms with E-state index in [-0.39, 0.29) is 49.3 Å². The van der Waals surface area contributed by atoms with Crippen LogP contribution < -0.4 is 10.6 Å². The summed E-state index contributed by atoms with van der Waals surface area (Å²) in [6, 6.07) is 2.08. The number of halogens is 3. The summed E-state index contributed by atoms with van der Waals surface area (Å²) in [4.78, 5) is 11.7. The van der Waals surface area contributed by atoms with Gasteiger partial charge >= 0.3 is 12.1 Å². The van der Waals surface area contributed by atoms with Gasteiger partial charge in [-0.2, -0.15) is 28.4 Å². The predicted molar refractivity (Wildman–Crippen MR) is 101 cm³/mol. The van der Waals surface area contributed by atoms with E-state index in [0.29, 0.717) is 18.7 Å². The van der Waals surface area contributed by atoms with Gasteiger partial charge in [0.15, 0.2) is 5.82 Å². The smallest absolute Gasteiger partial charge is 0.393 e. The van der Waals surface area contributed by atoms with E-state index in [9.17, 15) is 23.5 Å². The van der Waals surface area contributed by atoms with Gasteiger partial charge < -0.3 is 20.3 Å². The van der Waals surface area contributed by atoms with Gasteiger partial charge in [0.1, 0.15) is 17.5 Å².